The molecule has 0 aromatic heterocycles. The predicted molar refractivity (Wildman–Crippen MR) is 102 cm³/mol. The summed E-state index contributed by atoms with van der Waals surface area (Å²) in [4.78, 5) is 12.1. The van der Waals surface area contributed by atoms with Gasteiger partial charge in [-0.2, -0.15) is 11.8 Å². The molecule has 0 aliphatic carbocycles. The fourth-order valence-electron chi connectivity index (χ4n) is 2.13. The molecule has 5 heteroatoms. The van der Waals surface area contributed by atoms with Crippen LogP contribution >= 0.6 is 23.4 Å². The largest absolute Gasteiger partial charge is 0.479 e. The first-order valence-electron chi connectivity index (χ1n) is 7.89. The third-order valence-electron chi connectivity index (χ3n) is 3.57. The molecule has 0 saturated heterocycles. The summed E-state index contributed by atoms with van der Waals surface area (Å²) in [5.41, 5.74) is 2.64. The Morgan fingerprint density at radius 2 is 1.92 bits per heavy atom. The highest BCUT2D eigenvalue weighted by Gasteiger charge is 2.15. The molecule has 0 unspecified atom stereocenters. The van der Waals surface area contributed by atoms with E-state index in [0.29, 0.717) is 17.3 Å². The summed E-state index contributed by atoms with van der Waals surface area (Å²) in [7, 11) is 0. The van der Waals surface area contributed by atoms with Gasteiger partial charge in [-0.05, 0) is 37.1 Å². The second kappa shape index (κ2) is 9.60. The molecule has 1 N–H and O–H groups in total. The van der Waals surface area contributed by atoms with Crippen molar-refractivity contribution in [3.63, 3.8) is 0 Å². The summed E-state index contributed by atoms with van der Waals surface area (Å²) >= 11 is 7.83. The second-order valence-electron chi connectivity index (χ2n) is 5.46. The third-order valence-corrected chi connectivity index (χ3v) is 4.89. The summed E-state index contributed by atoms with van der Waals surface area (Å²) in [6.45, 7) is 4.45. The smallest absolute Gasteiger partial charge is 0.260 e. The second-order valence-corrected chi connectivity index (χ2v) is 6.97. The lowest BCUT2D eigenvalue weighted by Gasteiger charge is -2.15. The van der Waals surface area contributed by atoms with Crippen molar-refractivity contribution >= 4 is 29.3 Å². The van der Waals surface area contributed by atoms with Crippen molar-refractivity contribution in [1.29, 1.82) is 0 Å². The van der Waals surface area contributed by atoms with Gasteiger partial charge in [-0.25, -0.2) is 0 Å². The lowest BCUT2D eigenvalue weighted by molar-refractivity contribution is -0.127. The first-order valence-corrected chi connectivity index (χ1v) is 9.42. The highest BCUT2D eigenvalue weighted by molar-refractivity contribution is 7.98. The Kier molecular flexibility index (Phi) is 7.47. The molecule has 0 spiro atoms. The first-order chi connectivity index (χ1) is 11.6. The quantitative estimate of drug-likeness (QED) is 0.703. The van der Waals surface area contributed by atoms with Gasteiger partial charge >= 0.3 is 0 Å². The molecule has 0 radical (unpaired) electrons. The van der Waals surface area contributed by atoms with Gasteiger partial charge in [0.2, 0.25) is 0 Å². The van der Waals surface area contributed by atoms with Crippen molar-refractivity contribution in [2.45, 2.75) is 25.7 Å². The van der Waals surface area contributed by atoms with Crippen LogP contribution in [0.5, 0.6) is 5.75 Å². The molecule has 0 aliphatic heterocycles. The Morgan fingerprint density at radius 3 is 2.67 bits per heavy atom. The fourth-order valence-corrected chi connectivity index (χ4v) is 3.24. The zero-order chi connectivity index (χ0) is 17.4. The molecule has 2 aromatic carbocycles. The van der Waals surface area contributed by atoms with Crippen LogP contribution in [0.4, 0.5) is 0 Å². The van der Waals surface area contributed by atoms with Gasteiger partial charge in [0.25, 0.3) is 5.91 Å². The van der Waals surface area contributed by atoms with Crippen LogP contribution in [0.1, 0.15) is 18.1 Å². The van der Waals surface area contributed by atoms with Gasteiger partial charge in [0.05, 0.1) is 5.02 Å². The number of amides is 1. The van der Waals surface area contributed by atoms with E-state index in [1.165, 1.54) is 11.1 Å². The number of carbonyl (C=O) groups is 1. The molecule has 1 atom stereocenters. The number of carbonyl (C=O) groups excluding carboxylic acids is 1. The lowest BCUT2D eigenvalue weighted by Crippen LogP contribution is -2.37. The molecule has 0 saturated carbocycles. The number of nitrogens with one attached hydrogen (secondary N) is 1. The maximum atomic E-state index is 12.1. The third kappa shape index (κ3) is 5.77. The highest BCUT2D eigenvalue weighted by Crippen LogP contribution is 2.24. The Labute approximate surface area is 152 Å². The van der Waals surface area contributed by atoms with Crippen LogP contribution in [-0.4, -0.2) is 24.3 Å². The van der Waals surface area contributed by atoms with Crippen LogP contribution in [-0.2, 0) is 10.5 Å². The number of hydrogen-bond donors (Lipinski definition) is 1. The van der Waals surface area contributed by atoms with E-state index in [1.54, 1.807) is 30.8 Å². The molecule has 0 aliphatic rings. The van der Waals surface area contributed by atoms with Crippen LogP contribution < -0.4 is 10.1 Å². The summed E-state index contributed by atoms with van der Waals surface area (Å²) < 4.78 is 5.60. The summed E-state index contributed by atoms with van der Waals surface area (Å²) in [5.74, 6) is 2.20. The van der Waals surface area contributed by atoms with E-state index in [2.05, 4.69) is 30.4 Å². The minimum atomic E-state index is -0.578. The number of ether oxygens (including phenoxy) is 1. The molecule has 2 aromatic rings. The number of benzene rings is 2. The molecule has 3 nitrogen and oxygen atoms in total. The number of halogens is 1. The molecule has 128 valence electrons. The Balaban J connectivity index is 1.67. The van der Waals surface area contributed by atoms with Crippen LogP contribution in [0, 0.1) is 6.92 Å². The van der Waals surface area contributed by atoms with Crippen molar-refractivity contribution in [2.24, 2.45) is 0 Å². The van der Waals surface area contributed by atoms with Crippen LogP contribution in [0.2, 0.25) is 5.02 Å². The summed E-state index contributed by atoms with van der Waals surface area (Å²) in [6, 6.07) is 15.5. The van der Waals surface area contributed by atoms with E-state index in [9.17, 15) is 4.79 Å². The van der Waals surface area contributed by atoms with Crippen molar-refractivity contribution in [1.82, 2.24) is 5.32 Å². The van der Waals surface area contributed by atoms with Crippen LogP contribution in [0.15, 0.2) is 48.5 Å². The number of para-hydroxylation sites is 1. The minimum Gasteiger partial charge on any atom is -0.479 e. The van der Waals surface area contributed by atoms with Gasteiger partial charge < -0.3 is 10.1 Å². The normalized spacial score (nSPS) is 11.8. The average molecular weight is 364 g/mol. The van der Waals surface area contributed by atoms with Crippen molar-refractivity contribution in [3.05, 3.63) is 64.7 Å². The monoisotopic (exact) mass is 363 g/mol. The fraction of sp³-hybridized carbons (Fsp3) is 0.316. The molecular formula is C19H22ClNO2S. The zero-order valence-electron chi connectivity index (χ0n) is 13.9. The molecule has 2 rings (SSSR count). The van der Waals surface area contributed by atoms with E-state index in [4.69, 9.17) is 16.3 Å². The van der Waals surface area contributed by atoms with Gasteiger partial charge in [-0.15, -0.1) is 0 Å². The Morgan fingerprint density at radius 1 is 1.21 bits per heavy atom. The number of rotatable bonds is 8. The summed E-state index contributed by atoms with van der Waals surface area (Å²) in [5, 5.41) is 3.40. The Bertz CT molecular complexity index is 678. The van der Waals surface area contributed by atoms with Gasteiger partial charge in [-0.1, -0.05) is 48.0 Å². The Hall–Kier alpha value is -1.65. The predicted octanol–water partition coefficient (Wildman–Crippen LogP) is 4.47. The van der Waals surface area contributed by atoms with Crippen LogP contribution in [0.25, 0.3) is 0 Å². The number of hydrogen-bond acceptors (Lipinski definition) is 3. The standard InChI is InChI=1S/C19H22ClNO2S/c1-14-7-3-4-8-16(14)13-24-12-11-21-19(22)15(2)23-18-10-6-5-9-17(18)20/h3-10,15H,11-13H2,1-2H3,(H,21,22)/t15-/m0/s1. The molecule has 1 amide bonds. The topological polar surface area (TPSA) is 38.3 Å². The first kappa shape index (κ1) is 18.7. The molecular weight excluding hydrogens is 342 g/mol. The van der Waals surface area contributed by atoms with E-state index in [0.717, 1.165) is 11.5 Å². The number of thioether (sulfide) groups is 1. The zero-order valence-corrected chi connectivity index (χ0v) is 15.5. The van der Waals surface area contributed by atoms with E-state index in [-0.39, 0.29) is 5.91 Å². The summed E-state index contributed by atoms with van der Waals surface area (Å²) in [6.07, 6.45) is -0.578. The van der Waals surface area contributed by atoms with Crippen LogP contribution in [0.3, 0.4) is 0 Å². The maximum absolute atomic E-state index is 12.1. The van der Waals surface area contributed by atoms with Gasteiger partial charge in [-0.3, -0.25) is 4.79 Å². The van der Waals surface area contributed by atoms with Gasteiger partial charge in [0.15, 0.2) is 6.10 Å². The maximum Gasteiger partial charge on any atom is 0.260 e. The minimum absolute atomic E-state index is 0.133. The molecule has 24 heavy (non-hydrogen) atoms. The number of aryl methyl sites for hydroxylation is 1. The van der Waals surface area contributed by atoms with Crippen molar-refractivity contribution in [3.8, 4) is 5.75 Å². The van der Waals surface area contributed by atoms with E-state index in [1.807, 2.05) is 18.2 Å². The van der Waals surface area contributed by atoms with E-state index < -0.39 is 6.10 Å². The van der Waals surface area contributed by atoms with Crippen molar-refractivity contribution in [2.75, 3.05) is 12.3 Å². The SMILES string of the molecule is Cc1ccccc1CSCCNC(=O)[C@H](C)Oc1ccccc1Cl. The van der Waals surface area contributed by atoms with Crippen molar-refractivity contribution < 1.29 is 9.53 Å². The van der Waals surface area contributed by atoms with Gasteiger partial charge in [0, 0.05) is 18.1 Å². The van der Waals surface area contributed by atoms with E-state index >= 15 is 0 Å². The lowest BCUT2D eigenvalue weighted by atomic mass is 10.1. The van der Waals surface area contributed by atoms with Gasteiger partial charge in [0.1, 0.15) is 5.75 Å². The molecule has 0 heterocycles. The highest BCUT2D eigenvalue weighted by atomic mass is 35.5. The average Bonchev–Trinajstić information content (AvgIpc) is 2.58. The molecule has 0 bridgehead atoms. The molecule has 0 fully saturated rings.